The second kappa shape index (κ2) is 7.14. The van der Waals surface area contributed by atoms with Crippen LogP contribution < -0.4 is 4.74 Å². The van der Waals surface area contributed by atoms with E-state index in [0.29, 0.717) is 6.54 Å². The van der Waals surface area contributed by atoms with Gasteiger partial charge in [0.05, 0.1) is 13.7 Å². The van der Waals surface area contributed by atoms with Crippen LogP contribution in [0.1, 0.15) is 23.1 Å². The van der Waals surface area contributed by atoms with Gasteiger partial charge in [-0.25, -0.2) is 0 Å². The number of methoxy groups -OCH3 is 1. The van der Waals surface area contributed by atoms with E-state index < -0.39 is 0 Å². The molecule has 0 saturated carbocycles. The number of amides is 1. The summed E-state index contributed by atoms with van der Waals surface area (Å²) >= 11 is 0. The van der Waals surface area contributed by atoms with E-state index in [1.54, 1.807) is 19.1 Å². The fourth-order valence-electron chi connectivity index (χ4n) is 2.04. The number of aryl methyl sites for hydroxylation is 2. The summed E-state index contributed by atoms with van der Waals surface area (Å²) in [7, 11) is 3.44. The minimum Gasteiger partial charge on any atom is -0.496 e. The SMILES string of the molecule is COc1cc(C)c(CCN(C)C(=O)CCO)cc1C. The molecule has 1 aromatic carbocycles. The van der Waals surface area contributed by atoms with E-state index >= 15 is 0 Å². The van der Waals surface area contributed by atoms with Crippen molar-refractivity contribution >= 4 is 5.91 Å². The molecule has 1 N–H and O–H groups in total. The van der Waals surface area contributed by atoms with Crippen LogP contribution in [0.2, 0.25) is 0 Å². The lowest BCUT2D eigenvalue weighted by Crippen LogP contribution is -2.29. The molecule has 0 aliphatic rings. The third kappa shape index (κ3) is 4.24. The molecule has 1 aromatic rings. The number of nitrogens with zero attached hydrogens (tertiary/aromatic N) is 1. The molecule has 0 fully saturated rings. The molecule has 106 valence electrons. The molecule has 0 atom stereocenters. The van der Waals surface area contributed by atoms with Crippen molar-refractivity contribution in [3.05, 3.63) is 28.8 Å². The van der Waals surface area contributed by atoms with Crippen LogP contribution in [0.15, 0.2) is 12.1 Å². The highest BCUT2D eigenvalue weighted by Gasteiger charge is 2.10. The molecule has 0 heterocycles. The fraction of sp³-hybridized carbons (Fsp3) is 0.533. The van der Waals surface area contributed by atoms with Crippen LogP contribution in [-0.2, 0) is 11.2 Å². The highest BCUT2D eigenvalue weighted by molar-refractivity contribution is 5.75. The molecule has 0 radical (unpaired) electrons. The number of hydrogen-bond acceptors (Lipinski definition) is 3. The molecule has 0 unspecified atom stereocenters. The van der Waals surface area contributed by atoms with Gasteiger partial charge in [0, 0.05) is 20.0 Å². The van der Waals surface area contributed by atoms with Crippen LogP contribution in [0, 0.1) is 13.8 Å². The Hall–Kier alpha value is -1.55. The normalized spacial score (nSPS) is 10.4. The van der Waals surface area contributed by atoms with Crippen LogP contribution >= 0.6 is 0 Å². The summed E-state index contributed by atoms with van der Waals surface area (Å²) in [6.07, 6.45) is 1.00. The summed E-state index contributed by atoms with van der Waals surface area (Å²) in [6, 6.07) is 4.14. The van der Waals surface area contributed by atoms with Crippen molar-refractivity contribution < 1.29 is 14.6 Å². The van der Waals surface area contributed by atoms with E-state index in [9.17, 15) is 4.79 Å². The van der Waals surface area contributed by atoms with Crippen molar-refractivity contribution in [2.24, 2.45) is 0 Å². The van der Waals surface area contributed by atoms with Gasteiger partial charge in [-0.2, -0.15) is 0 Å². The molecule has 0 spiro atoms. The minimum absolute atomic E-state index is 0.0228. The Morgan fingerprint density at radius 1 is 1.32 bits per heavy atom. The summed E-state index contributed by atoms with van der Waals surface area (Å²) < 4.78 is 5.28. The van der Waals surface area contributed by atoms with Crippen molar-refractivity contribution in [3.8, 4) is 5.75 Å². The number of likely N-dealkylation sites (N-methyl/N-ethyl adjacent to an activating group) is 1. The predicted octanol–water partition coefficient (Wildman–Crippen LogP) is 1.70. The Labute approximate surface area is 115 Å². The number of hydrogen-bond donors (Lipinski definition) is 1. The van der Waals surface area contributed by atoms with E-state index in [0.717, 1.165) is 17.7 Å². The average Bonchev–Trinajstić information content (AvgIpc) is 2.39. The number of aliphatic hydroxyl groups is 1. The lowest BCUT2D eigenvalue weighted by molar-refractivity contribution is -0.130. The van der Waals surface area contributed by atoms with E-state index in [-0.39, 0.29) is 18.9 Å². The number of carbonyl (C=O) groups is 1. The Bertz CT molecular complexity index is 443. The van der Waals surface area contributed by atoms with Crippen LogP contribution in [0.4, 0.5) is 0 Å². The molecule has 1 amide bonds. The summed E-state index contributed by atoms with van der Waals surface area (Å²) in [5.74, 6) is 0.872. The summed E-state index contributed by atoms with van der Waals surface area (Å²) in [4.78, 5) is 13.2. The van der Waals surface area contributed by atoms with E-state index in [4.69, 9.17) is 9.84 Å². The van der Waals surface area contributed by atoms with Gasteiger partial charge >= 0.3 is 0 Å². The Morgan fingerprint density at radius 3 is 2.58 bits per heavy atom. The molecule has 4 nitrogen and oxygen atoms in total. The van der Waals surface area contributed by atoms with Crippen molar-refractivity contribution in [2.75, 3.05) is 27.3 Å². The van der Waals surface area contributed by atoms with Crippen molar-refractivity contribution in [3.63, 3.8) is 0 Å². The second-order valence-electron chi connectivity index (χ2n) is 4.79. The predicted molar refractivity (Wildman–Crippen MR) is 75.5 cm³/mol. The topological polar surface area (TPSA) is 49.8 Å². The fourth-order valence-corrected chi connectivity index (χ4v) is 2.04. The van der Waals surface area contributed by atoms with Crippen LogP contribution in [0.25, 0.3) is 0 Å². The Balaban J connectivity index is 2.68. The van der Waals surface area contributed by atoms with Gasteiger partial charge in [0.1, 0.15) is 5.75 Å². The lowest BCUT2D eigenvalue weighted by Gasteiger charge is -2.18. The zero-order valence-corrected chi connectivity index (χ0v) is 12.2. The van der Waals surface area contributed by atoms with Crippen molar-refractivity contribution in [2.45, 2.75) is 26.7 Å². The third-order valence-electron chi connectivity index (χ3n) is 3.32. The zero-order valence-electron chi connectivity index (χ0n) is 12.2. The van der Waals surface area contributed by atoms with E-state index in [1.807, 2.05) is 19.9 Å². The molecule has 0 aliphatic carbocycles. The lowest BCUT2D eigenvalue weighted by atomic mass is 10.0. The second-order valence-corrected chi connectivity index (χ2v) is 4.79. The number of aliphatic hydroxyl groups excluding tert-OH is 1. The first-order chi connectivity index (χ1) is 8.99. The van der Waals surface area contributed by atoms with Crippen LogP contribution in [-0.4, -0.2) is 43.2 Å². The smallest absolute Gasteiger partial charge is 0.224 e. The monoisotopic (exact) mass is 265 g/mol. The highest BCUT2D eigenvalue weighted by atomic mass is 16.5. The standard InChI is InChI=1S/C15H23NO3/c1-11-10-14(19-4)12(2)9-13(11)5-7-16(3)15(18)6-8-17/h9-10,17H,5-8H2,1-4H3. The van der Waals surface area contributed by atoms with Gasteiger partial charge < -0.3 is 14.7 Å². The molecule has 19 heavy (non-hydrogen) atoms. The molecule has 4 heteroatoms. The summed E-state index contributed by atoms with van der Waals surface area (Å²) in [5.41, 5.74) is 3.50. The average molecular weight is 265 g/mol. The van der Waals surface area contributed by atoms with Gasteiger partial charge in [0.15, 0.2) is 0 Å². The number of carbonyl (C=O) groups excluding carboxylic acids is 1. The number of rotatable bonds is 6. The first-order valence-corrected chi connectivity index (χ1v) is 6.48. The molecule has 0 aliphatic heterocycles. The van der Waals surface area contributed by atoms with E-state index in [1.165, 1.54) is 11.1 Å². The molecule has 0 bridgehead atoms. The first-order valence-electron chi connectivity index (χ1n) is 6.48. The maximum absolute atomic E-state index is 11.6. The van der Waals surface area contributed by atoms with Crippen LogP contribution in [0.3, 0.4) is 0 Å². The highest BCUT2D eigenvalue weighted by Crippen LogP contribution is 2.22. The van der Waals surface area contributed by atoms with Crippen molar-refractivity contribution in [1.29, 1.82) is 0 Å². The first kappa shape index (κ1) is 15.5. The number of ether oxygens (including phenoxy) is 1. The van der Waals surface area contributed by atoms with Crippen LogP contribution in [0.5, 0.6) is 5.75 Å². The van der Waals surface area contributed by atoms with Gasteiger partial charge in [-0.05, 0) is 43.0 Å². The number of benzene rings is 1. The van der Waals surface area contributed by atoms with Gasteiger partial charge in [0.25, 0.3) is 0 Å². The van der Waals surface area contributed by atoms with Gasteiger partial charge in [-0.3, -0.25) is 4.79 Å². The van der Waals surface area contributed by atoms with Crippen molar-refractivity contribution in [1.82, 2.24) is 4.90 Å². The Morgan fingerprint density at radius 2 is 2.00 bits per heavy atom. The quantitative estimate of drug-likeness (QED) is 0.851. The molecular formula is C15H23NO3. The summed E-state index contributed by atoms with van der Waals surface area (Å²) in [5, 5.41) is 8.75. The molecule has 0 aromatic heterocycles. The molecular weight excluding hydrogens is 242 g/mol. The minimum atomic E-state index is -0.0934. The van der Waals surface area contributed by atoms with Gasteiger partial charge in [-0.1, -0.05) is 6.07 Å². The Kier molecular flexibility index (Phi) is 5.83. The van der Waals surface area contributed by atoms with E-state index in [2.05, 4.69) is 6.07 Å². The zero-order chi connectivity index (χ0) is 14.4. The maximum Gasteiger partial charge on any atom is 0.224 e. The van der Waals surface area contributed by atoms with Gasteiger partial charge in [0.2, 0.25) is 5.91 Å². The molecule has 1 rings (SSSR count). The maximum atomic E-state index is 11.6. The largest absolute Gasteiger partial charge is 0.496 e. The van der Waals surface area contributed by atoms with Gasteiger partial charge in [-0.15, -0.1) is 0 Å². The third-order valence-corrected chi connectivity index (χ3v) is 3.32. The summed E-state index contributed by atoms with van der Waals surface area (Å²) in [6.45, 7) is 4.63. The molecule has 0 saturated heterocycles.